The number of ether oxygens (including phenoxy) is 1. The molecule has 8 nitrogen and oxygen atoms in total. The minimum absolute atomic E-state index is 0.0387. The van der Waals surface area contributed by atoms with E-state index in [4.69, 9.17) is 32.7 Å². The summed E-state index contributed by atoms with van der Waals surface area (Å²) in [6.07, 6.45) is 3.10. The molecule has 0 saturated carbocycles. The van der Waals surface area contributed by atoms with Crippen molar-refractivity contribution in [3.8, 4) is 11.5 Å². The quantitative estimate of drug-likeness (QED) is 0.201. The molecule has 2 amide bonds. The van der Waals surface area contributed by atoms with Gasteiger partial charge in [0.2, 0.25) is 0 Å². The van der Waals surface area contributed by atoms with Crippen LogP contribution in [-0.2, 0) is 26.1 Å². The molecule has 2 aromatic carbocycles. The van der Waals surface area contributed by atoms with Crippen LogP contribution >= 0.6 is 23.8 Å². The molecule has 166 valence electrons. The van der Waals surface area contributed by atoms with Gasteiger partial charge in [-0.3, -0.25) is 20.2 Å². The summed E-state index contributed by atoms with van der Waals surface area (Å²) in [5.41, 5.74) is 0.645. The maximum Gasteiger partial charge on any atom is 0.339 e. The molecule has 1 aliphatic heterocycles. The lowest BCUT2D eigenvalue weighted by molar-refractivity contribution is -0.123. The summed E-state index contributed by atoms with van der Waals surface area (Å²) in [5, 5.41) is 4.98. The average Bonchev–Trinajstić information content (AvgIpc) is 2.72. The van der Waals surface area contributed by atoms with Crippen molar-refractivity contribution in [1.82, 2.24) is 10.6 Å². The van der Waals surface area contributed by atoms with Gasteiger partial charge in [-0.1, -0.05) is 17.7 Å². The van der Waals surface area contributed by atoms with Gasteiger partial charge in [0.15, 0.2) is 16.6 Å². The van der Waals surface area contributed by atoms with Gasteiger partial charge in [0.25, 0.3) is 11.8 Å². The Bertz CT molecular complexity index is 1230. The number of carbonyl (C=O) groups is 2. The minimum Gasteiger partial charge on any atom is -0.493 e. The van der Waals surface area contributed by atoms with Crippen molar-refractivity contribution in [1.29, 1.82) is 0 Å². The van der Waals surface area contributed by atoms with E-state index in [2.05, 4.69) is 17.2 Å². The highest BCUT2D eigenvalue weighted by Gasteiger charge is 2.27. The van der Waals surface area contributed by atoms with E-state index < -0.39 is 21.9 Å². The molecule has 1 fully saturated rings. The molecule has 0 aromatic heterocycles. The van der Waals surface area contributed by atoms with E-state index in [1.165, 1.54) is 43.5 Å². The highest BCUT2D eigenvalue weighted by Crippen LogP contribution is 2.36. The van der Waals surface area contributed by atoms with E-state index in [1.807, 2.05) is 0 Å². The van der Waals surface area contributed by atoms with Crippen LogP contribution in [0.3, 0.4) is 0 Å². The zero-order valence-corrected chi connectivity index (χ0v) is 19.1. The van der Waals surface area contributed by atoms with Crippen LogP contribution in [0.15, 0.2) is 59.5 Å². The predicted molar refractivity (Wildman–Crippen MR) is 123 cm³/mol. The molecule has 1 aliphatic rings. The van der Waals surface area contributed by atoms with Crippen molar-refractivity contribution in [2.75, 3.05) is 7.11 Å². The summed E-state index contributed by atoms with van der Waals surface area (Å²) in [6, 6.07) is 8.51. The number of methoxy groups -OCH3 is 1. The van der Waals surface area contributed by atoms with Crippen LogP contribution in [0, 0.1) is 0 Å². The highest BCUT2D eigenvalue weighted by atomic mass is 35.5. The summed E-state index contributed by atoms with van der Waals surface area (Å²) in [6.45, 7) is 3.68. The van der Waals surface area contributed by atoms with Gasteiger partial charge in [-0.15, -0.1) is 6.58 Å². The lowest BCUT2D eigenvalue weighted by Crippen LogP contribution is -2.51. The topological polar surface area (TPSA) is 111 Å². The maximum absolute atomic E-state index is 12.8. The number of amides is 2. The van der Waals surface area contributed by atoms with Crippen molar-refractivity contribution in [3.05, 3.63) is 70.8 Å². The van der Waals surface area contributed by atoms with Crippen LogP contribution in [0.4, 0.5) is 0 Å². The zero-order valence-electron chi connectivity index (χ0n) is 16.7. The number of benzene rings is 2. The van der Waals surface area contributed by atoms with Crippen molar-refractivity contribution >= 4 is 56.9 Å². The summed E-state index contributed by atoms with van der Waals surface area (Å²) < 4.78 is 36.3. The van der Waals surface area contributed by atoms with Crippen molar-refractivity contribution in [2.24, 2.45) is 0 Å². The number of hydrogen-bond acceptors (Lipinski definition) is 7. The number of carbonyl (C=O) groups excluding carboxylic acids is 2. The van der Waals surface area contributed by atoms with Gasteiger partial charge in [-0.05, 0) is 66.7 Å². The molecule has 1 saturated heterocycles. The largest absolute Gasteiger partial charge is 0.493 e. The van der Waals surface area contributed by atoms with Crippen LogP contribution in [0.2, 0.25) is 5.02 Å². The normalized spacial score (nSPS) is 13.8. The molecule has 0 bridgehead atoms. The molecule has 11 heteroatoms. The van der Waals surface area contributed by atoms with E-state index in [9.17, 15) is 18.0 Å². The van der Waals surface area contributed by atoms with Gasteiger partial charge in [0, 0.05) is 10.6 Å². The fraction of sp³-hybridized carbons (Fsp3) is 0.0952. The first kappa shape index (κ1) is 23.5. The first-order valence-electron chi connectivity index (χ1n) is 9.05. The second-order valence-electron chi connectivity index (χ2n) is 6.49. The number of halogens is 1. The van der Waals surface area contributed by atoms with Gasteiger partial charge in [-0.2, -0.15) is 8.42 Å². The number of rotatable bonds is 7. The summed E-state index contributed by atoms with van der Waals surface area (Å²) >= 11 is 10.6. The number of allylic oxidation sites excluding steroid dienone is 1. The van der Waals surface area contributed by atoms with Crippen LogP contribution in [0.5, 0.6) is 11.5 Å². The van der Waals surface area contributed by atoms with Crippen molar-refractivity contribution < 1.29 is 26.9 Å². The summed E-state index contributed by atoms with van der Waals surface area (Å²) in [4.78, 5) is 24.2. The summed E-state index contributed by atoms with van der Waals surface area (Å²) in [7, 11) is -2.86. The molecule has 0 radical (unpaired) electrons. The molecule has 2 N–H and O–H groups in total. The van der Waals surface area contributed by atoms with Gasteiger partial charge >= 0.3 is 10.1 Å². The predicted octanol–water partition coefficient (Wildman–Crippen LogP) is 2.76. The second-order valence-corrected chi connectivity index (χ2v) is 8.88. The van der Waals surface area contributed by atoms with Crippen LogP contribution in [0.1, 0.15) is 11.1 Å². The molecule has 2 aromatic rings. The number of nitrogens with one attached hydrogen (secondary N) is 2. The number of thiocarbonyl (C=S) groups is 1. The van der Waals surface area contributed by atoms with E-state index in [-0.39, 0.29) is 33.5 Å². The van der Waals surface area contributed by atoms with Crippen molar-refractivity contribution in [3.63, 3.8) is 0 Å². The van der Waals surface area contributed by atoms with Gasteiger partial charge in [0.05, 0.1) is 7.11 Å². The molecular formula is C21H17ClN2O6S2. The number of hydrogen-bond donors (Lipinski definition) is 2. The lowest BCUT2D eigenvalue weighted by atomic mass is 10.0. The standard InChI is InChI=1S/C21H17ClN2O6S2/c1-3-4-13-9-12(10-16-19(25)23-21(31)24-20(16)26)11-17(29-2)18(13)30-32(27,28)15-7-5-14(22)6-8-15/h3,5-11H,1,4H2,2H3,(H2,23,24,25,26,31). The highest BCUT2D eigenvalue weighted by molar-refractivity contribution is 7.87. The van der Waals surface area contributed by atoms with E-state index in [0.717, 1.165) is 0 Å². The van der Waals surface area contributed by atoms with Crippen LogP contribution in [-0.4, -0.2) is 32.5 Å². The Labute approximate surface area is 195 Å². The fourth-order valence-corrected chi connectivity index (χ4v) is 4.14. The Morgan fingerprint density at radius 3 is 2.31 bits per heavy atom. The first-order chi connectivity index (χ1) is 15.1. The minimum atomic E-state index is -4.20. The maximum atomic E-state index is 12.8. The first-order valence-corrected chi connectivity index (χ1v) is 11.2. The van der Waals surface area contributed by atoms with E-state index >= 15 is 0 Å². The monoisotopic (exact) mass is 492 g/mol. The van der Waals surface area contributed by atoms with Crippen LogP contribution < -0.4 is 19.6 Å². The molecular weight excluding hydrogens is 476 g/mol. The molecule has 1 heterocycles. The van der Waals surface area contributed by atoms with Gasteiger partial charge in [-0.25, -0.2) is 0 Å². The lowest BCUT2D eigenvalue weighted by Gasteiger charge is -2.18. The molecule has 0 spiro atoms. The molecule has 3 rings (SSSR count). The zero-order chi connectivity index (χ0) is 23.5. The van der Waals surface area contributed by atoms with Gasteiger partial charge in [0.1, 0.15) is 10.5 Å². The third-order valence-corrected chi connectivity index (χ3v) is 5.98. The Morgan fingerprint density at radius 1 is 1.12 bits per heavy atom. The molecule has 0 atom stereocenters. The van der Waals surface area contributed by atoms with Crippen LogP contribution in [0.25, 0.3) is 6.08 Å². The Hall–Kier alpha value is -3.21. The van der Waals surface area contributed by atoms with E-state index in [0.29, 0.717) is 16.1 Å². The Morgan fingerprint density at radius 2 is 1.75 bits per heavy atom. The summed E-state index contributed by atoms with van der Waals surface area (Å²) in [5.74, 6) is -1.27. The third kappa shape index (κ3) is 5.16. The molecule has 0 unspecified atom stereocenters. The smallest absolute Gasteiger partial charge is 0.339 e. The van der Waals surface area contributed by atoms with Gasteiger partial charge < -0.3 is 8.92 Å². The van der Waals surface area contributed by atoms with Crippen molar-refractivity contribution in [2.45, 2.75) is 11.3 Å². The Kier molecular flexibility index (Phi) is 6.97. The average molecular weight is 493 g/mol. The second kappa shape index (κ2) is 9.51. The third-order valence-electron chi connectivity index (χ3n) is 4.29. The van der Waals surface area contributed by atoms with E-state index in [1.54, 1.807) is 12.1 Å². The fourth-order valence-electron chi connectivity index (χ4n) is 2.85. The molecule has 32 heavy (non-hydrogen) atoms. The SMILES string of the molecule is C=CCc1cc(C=C2C(=O)NC(=S)NC2=O)cc(OC)c1OS(=O)(=O)c1ccc(Cl)cc1. The molecule has 0 aliphatic carbocycles. The Balaban J connectivity index is 2.06.